The van der Waals surface area contributed by atoms with Crippen LogP contribution in [0.1, 0.15) is 19.3 Å². The topological polar surface area (TPSA) is 55.1 Å². The predicted octanol–water partition coefficient (Wildman–Crippen LogP) is 2.70. The molecule has 90 valence electrons. The Morgan fingerprint density at radius 3 is 2.94 bits per heavy atom. The number of hydrogen-bond donors (Lipinski definition) is 2. The lowest BCUT2D eigenvalue weighted by Crippen LogP contribution is -2.24. The fraction of sp³-hybridized carbons (Fsp3) is 0.308. The first-order chi connectivity index (χ1) is 8.16. The van der Waals surface area contributed by atoms with Crippen LogP contribution in [-0.2, 0) is 4.79 Å². The van der Waals surface area contributed by atoms with Gasteiger partial charge in [0.25, 0.3) is 0 Å². The van der Waals surface area contributed by atoms with E-state index in [1.807, 2.05) is 6.08 Å². The van der Waals surface area contributed by atoms with Crippen molar-refractivity contribution in [3.8, 4) is 0 Å². The summed E-state index contributed by atoms with van der Waals surface area (Å²) in [5.41, 5.74) is 6.40. The fourth-order valence-corrected chi connectivity index (χ4v) is 1.90. The Morgan fingerprint density at radius 1 is 1.41 bits per heavy atom. The van der Waals surface area contributed by atoms with Gasteiger partial charge in [-0.15, -0.1) is 0 Å². The van der Waals surface area contributed by atoms with E-state index >= 15 is 0 Å². The zero-order valence-corrected chi connectivity index (χ0v) is 9.45. The molecule has 0 saturated heterocycles. The second-order valence-corrected chi connectivity index (χ2v) is 4.20. The summed E-state index contributed by atoms with van der Waals surface area (Å²) in [6, 6.07) is 3.96. The molecule has 0 saturated carbocycles. The minimum atomic E-state index is -0.405. The molecular weight excluding hydrogens is 219 g/mol. The summed E-state index contributed by atoms with van der Waals surface area (Å²) in [4.78, 5) is 11.9. The Hall–Kier alpha value is -1.84. The van der Waals surface area contributed by atoms with Crippen molar-refractivity contribution >= 4 is 17.3 Å². The minimum absolute atomic E-state index is 0.0392. The first-order valence-corrected chi connectivity index (χ1v) is 5.67. The lowest BCUT2D eigenvalue weighted by molar-refractivity contribution is -0.120. The van der Waals surface area contributed by atoms with E-state index in [1.54, 1.807) is 0 Å². The van der Waals surface area contributed by atoms with E-state index in [2.05, 4.69) is 11.4 Å². The summed E-state index contributed by atoms with van der Waals surface area (Å²) in [6.07, 6.45) is 6.55. The Kier molecular flexibility index (Phi) is 3.42. The van der Waals surface area contributed by atoms with Gasteiger partial charge in [-0.25, -0.2) is 4.39 Å². The molecule has 1 unspecified atom stereocenters. The van der Waals surface area contributed by atoms with Crippen molar-refractivity contribution in [1.82, 2.24) is 0 Å². The molecule has 17 heavy (non-hydrogen) atoms. The molecule has 1 aliphatic carbocycles. The number of allylic oxidation sites excluding steroid dienone is 2. The highest BCUT2D eigenvalue weighted by molar-refractivity contribution is 5.95. The lowest BCUT2D eigenvalue weighted by atomic mass is 9.93. The molecule has 0 bridgehead atoms. The van der Waals surface area contributed by atoms with Crippen LogP contribution in [0.5, 0.6) is 0 Å². The maximum atomic E-state index is 13.0. The number of halogens is 1. The van der Waals surface area contributed by atoms with Gasteiger partial charge in [0.05, 0.1) is 11.4 Å². The number of benzene rings is 1. The van der Waals surface area contributed by atoms with Crippen molar-refractivity contribution in [2.75, 3.05) is 11.1 Å². The van der Waals surface area contributed by atoms with Crippen molar-refractivity contribution in [2.45, 2.75) is 19.3 Å². The van der Waals surface area contributed by atoms with Crippen molar-refractivity contribution in [3.05, 3.63) is 36.2 Å². The standard InChI is InChI=1S/C13H15FN2O/c14-10-6-7-11(15)12(8-10)16-13(17)9-4-2-1-3-5-9/h1-2,6-9H,3-5,15H2,(H,16,17). The van der Waals surface area contributed by atoms with Crippen LogP contribution in [0.2, 0.25) is 0 Å². The molecule has 0 aliphatic heterocycles. The molecule has 1 atom stereocenters. The van der Waals surface area contributed by atoms with Crippen LogP contribution in [0.25, 0.3) is 0 Å². The van der Waals surface area contributed by atoms with Gasteiger partial charge in [0.1, 0.15) is 5.82 Å². The van der Waals surface area contributed by atoms with Gasteiger partial charge in [0.15, 0.2) is 0 Å². The van der Waals surface area contributed by atoms with Crippen LogP contribution in [0, 0.1) is 11.7 Å². The molecule has 1 aromatic rings. The number of amides is 1. The average Bonchev–Trinajstić information content (AvgIpc) is 2.35. The van der Waals surface area contributed by atoms with Gasteiger partial charge in [0, 0.05) is 5.92 Å². The molecule has 4 heteroatoms. The quantitative estimate of drug-likeness (QED) is 0.610. The number of carbonyl (C=O) groups is 1. The number of rotatable bonds is 2. The molecule has 1 amide bonds. The third-order valence-electron chi connectivity index (χ3n) is 2.91. The third kappa shape index (κ3) is 2.84. The highest BCUT2D eigenvalue weighted by Crippen LogP contribution is 2.23. The van der Waals surface area contributed by atoms with Crippen LogP contribution >= 0.6 is 0 Å². The first-order valence-electron chi connectivity index (χ1n) is 5.67. The summed E-state index contributed by atoms with van der Waals surface area (Å²) in [5, 5.41) is 2.68. The molecule has 0 fully saturated rings. The van der Waals surface area contributed by atoms with Gasteiger partial charge in [-0.1, -0.05) is 12.2 Å². The summed E-state index contributed by atoms with van der Waals surface area (Å²) in [5.74, 6) is -0.535. The lowest BCUT2D eigenvalue weighted by Gasteiger charge is -2.17. The van der Waals surface area contributed by atoms with Gasteiger partial charge in [0.2, 0.25) is 5.91 Å². The number of hydrogen-bond acceptors (Lipinski definition) is 2. The summed E-state index contributed by atoms with van der Waals surface area (Å²) in [7, 11) is 0. The smallest absolute Gasteiger partial charge is 0.227 e. The monoisotopic (exact) mass is 234 g/mol. The Labute approximate surface area is 99.5 Å². The van der Waals surface area contributed by atoms with Crippen molar-refractivity contribution in [3.63, 3.8) is 0 Å². The molecule has 0 radical (unpaired) electrons. The van der Waals surface area contributed by atoms with E-state index in [9.17, 15) is 9.18 Å². The van der Waals surface area contributed by atoms with Crippen LogP contribution in [-0.4, -0.2) is 5.91 Å². The summed E-state index contributed by atoms with van der Waals surface area (Å²) < 4.78 is 13.0. The zero-order valence-electron chi connectivity index (χ0n) is 9.45. The Balaban J connectivity index is 2.07. The predicted molar refractivity (Wildman–Crippen MR) is 65.9 cm³/mol. The molecule has 0 heterocycles. The molecular formula is C13H15FN2O. The van der Waals surface area contributed by atoms with Crippen molar-refractivity contribution in [1.29, 1.82) is 0 Å². The number of nitrogens with two attached hydrogens (primary N) is 1. The number of carbonyl (C=O) groups excluding carboxylic acids is 1. The van der Waals surface area contributed by atoms with Crippen molar-refractivity contribution in [2.24, 2.45) is 5.92 Å². The largest absolute Gasteiger partial charge is 0.397 e. The molecule has 1 aromatic carbocycles. The second-order valence-electron chi connectivity index (χ2n) is 4.20. The maximum absolute atomic E-state index is 13.0. The van der Waals surface area contributed by atoms with Crippen LogP contribution in [0.4, 0.5) is 15.8 Å². The van der Waals surface area contributed by atoms with Gasteiger partial charge in [-0.2, -0.15) is 0 Å². The van der Waals surface area contributed by atoms with Gasteiger partial charge < -0.3 is 11.1 Å². The Bertz CT molecular complexity index is 457. The average molecular weight is 234 g/mol. The molecule has 3 N–H and O–H groups in total. The first kappa shape index (κ1) is 11.6. The van der Waals surface area contributed by atoms with E-state index in [0.717, 1.165) is 19.3 Å². The third-order valence-corrected chi connectivity index (χ3v) is 2.91. The van der Waals surface area contributed by atoms with Crippen molar-refractivity contribution < 1.29 is 9.18 Å². The van der Waals surface area contributed by atoms with E-state index < -0.39 is 5.82 Å². The maximum Gasteiger partial charge on any atom is 0.227 e. The highest BCUT2D eigenvalue weighted by Gasteiger charge is 2.19. The molecule has 1 aliphatic rings. The fourth-order valence-electron chi connectivity index (χ4n) is 1.90. The van der Waals surface area contributed by atoms with Gasteiger partial charge in [-0.05, 0) is 37.5 Å². The molecule has 3 nitrogen and oxygen atoms in total. The van der Waals surface area contributed by atoms with E-state index in [1.165, 1.54) is 18.2 Å². The van der Waals surface area contributed by atoms with Gasteiger partial charge in [-0.3, -0.25) is 4.79 Å². The normalized spacial score (nSPS) is 19.0. The molecule has 0 aromatic heterocycles. The zero-order chi connectivity index (χ0) is 12.3. The SMILES string of the molecule is Nc1ccc(F)cc1NC(=O)C1CC=CCC1. The van der Waals surface area contributed by atoms with Crippen LogP contribution < -0.4 is 11.1 Å². The van der Waals surface area contributed by atoms with Crippen LogP contribution in [0.3, 0.4) is 0 Å². The Morgan fingerprint density at radius 2 is 2.24 bits per heavy atom. The number of nitrogen functional groups attached to an aromatic ring is 1. The van der Waals surface area contributed by atoms with E-state index in [0.29, 0.717) is 11.4 Å². The highest BCUT2D eigenvalue weighted by atomic mass is 19.1. The second kappa shape index (κ2) is 4.99. The van der Waals surface area contributed by atoms with Crippen LogP contribution in [0.15, 0.2) is 30.4 Å². The summed E-state index contributed by atoms with van der Waals surface area (Å²) >= 11 is 0. The van der Waals surface area contributed by atoms with E-state index in [4.69, 9.17) is 5.73 Å². The summed E-state index contributed by atoms with van der Waals surface area (Å²) in [6.45, 7) is 0. The number of nitrogens with one attached hydrogen (secondary N) is 1. The molecule has 2 rings (SSSR count). The minimum Gasteiger partial charge on any atom is -0.397 e. The molecule has 0 spiro atoms. The van der Waals surface area contributed by atoms with E-state index in [-0.39, 0.29) is 11.8 Å². The number of anilines is 2. The van der Waals surface area contributed by atoms with Gasteiger partial charge >= 0.3 is 0 Å².